The second-order valence-electron chi connectivity index (χ2n) is 5.66. The fourth-order valence-electron chi connectivity index (χ4n) is 2.52. The molecule has 2 nitrogen and oxygen atoms in total. The lowest BCUT2D eigenvalue weighted by atomic mass is 9.98. The maximum absolute atomic E-state index is 12.3. The molecule has 108 valence electrons. The number of hydrogen-bond acceptors (Lipinski definition) is 2. The van der Waals surface area contributed by atoms with Crippen LogP contribution >= 0.6 is 0 Å². The van der Waals surface area contributed by atoms with Crippen molar-refractivity contribution in [2.75, 3.05) is 19.6 Å². The van der Waals surface area contributed by atoms with Crippen molar-refractivity contribution in [2.45, 2.75) is 58.3 Å². The Morgan fingerprint density at radius 1 is 1.33 bits per heavy atom. The standard InChI is InChI=1S/C13H25F3N2/c1-4-11-9-18(6-5-13(14,15)16)12(8-17-11)7-10(2)3/h10-12,17H,4-9H2,1-3H3. The third kappa shape index (κ3) is 5.57. The summed E-state index contributed by atoms with van der Waals surface area (Å²) in [5.41, 5.74) is 0. The number of piperazine rings is 1. The van der Waals surface area contributed by atoms with Crippen molar-refractivity contribution in [3.8, 4) is 0 Å². The maximum atomic E-state index is 12.3. The molecular formula is C13H25F3N2. The molecular weight excluding hydrogens is 241 g/mol. The molecule has 0 aromatic carbocycles. The first-order chi connectivity index (χ1) is 8.31. The molecule has 1 heterocycles. The van der Waals surface area contributed by atoms with Gasteiger partial charge in [0.05, 0.1) is 6.42 Å². The third-order valence-corrected chi connectivity index (χ3v) is 3.53. The topological polar surface area (TPSA) is 15.3 Å². The summed E-state index contributed by atoms with van der Waals surface area (Å²) in [5.74, 6) is 0.517. The van der Waals surface area contributed by atoms with Gasteiger partial charge in [0.25, 0.3) is 0 Å². The van der Waals surface area contributed by atoms with Gasteiger partial charge in [-0.05, 0) is 18.8 Å². The molecule has 0 saturated carbocycles. The Hall–Kier alpha value is -0.290. The van der Waals surface area contributed by atoms with E-state index >= 15 is 0 Å². The Morgan fingerprint density at radius 2 is 2.00 bits per heavy atom. The summed E-state index contributed by atoms with van der Waals surface area (Å²) < 4.78 is 37.0. The zero-order valence-electron chi connectivity index (χ0n) is 11.6. The van der Waals surface area contributed by atoms with E-state index in [4.69, 9.17) is 0 Å². The summed E-state index contributed by atoms with van der Waals surface area (Å²) in [6.07, 6.45) is -2.81. The van der Waals surface area contributed by atoms with E-state index in [2.05, 4.69) is 26.1 Å². The van der Waals surface area contributed by atoms with Gasteiger partial charge in [-0.2, -0.15) is 13.2 Å². The molecule has 5 heteroatoms. The fourth-order valence-corrected chi connectivity index (χ4v) is 2.52. The molecule has 1 rings (SSSR count). The Labute approximate surface area is 108 Å². The summed E-state index contributed by atoms with van der Waals surface area (Å²) in [6, 6.07) is 0.580. The number of halogens is 3. The van der Waals surface area contributed by atoms with Crippen LogP contribution in [0.3, 0.4) is 0 Å². The van der Waals surface area contributed by atoms with Gasteiger partial charge < -0.3 is 5.32 Å². The van der Waals surface area contributed by atoms with Crippen molar-refractivity contribution in [1.29, 1.82) is 0 Å². The predicted molar refractivity (Wildman–Crippen MR) is 67.6 cm³/mol. The van der Waals surface area contributed by atoms with Crippen molar-refractivity contribution in [3.63, 3.8) is 0 Å². The molecule has 0 aromatic rings. The van der Waals surface area contributed by atoms with Gasteiger partial charge in [0, 0.05) is 31.7 Å². The normalized spacial score (nSPS) is 26.8. The van der Waals surface area contributed by atoms with Crippen LogP contribution in [-0.2, 0) is 0 Å². The molecule has 2 unspecified atom stereocenters. The molecule has 0 spiro atoms. The van der Waals surface area contributed by atoms with E-state index in [1.807, 2.05) is 4.90 Å². The molecule has 0 bridgehead atoms. The van der Waals surface area contributed by atoms with Crippen LogP contribution in [0.25, 0.3) is 0 Å². The van der Waals surface area contributed by atoms with Gasteiger partial charge in [-0.15, -0.1) is 0 Å². The van der Waals surface area contributed by atoms with Gasteiger partial charge in [0.15, 0.2) is 0 Å². The lowest BCUT2D eigenvalue weighted by Crippen LogP contribution is -2.57. The first-order valence-electron chi connectivity index (χ1n) is 6.86. The van der Waals surface area contributed by atoms with Crippen LogP contribution in [0.5, 0.6) is 0 Å². The predicted octanol–water partition coefficient (Wildman–Crippen LogP) is 3.04. The smallest absolute Gasteiger partial charge is 0.311 e. The molecule has 1 N–H and O–H groups in total. The van der Waals surface area contributed by atoms with Crippen molar-refractivity contribution in [1.82, 2.24) is 10.2 Å². The molecule has 0 amide bonds. The number of hydrogen-bond donors (Lipinski definition) is 1. The molecule has 18 heavy (non-hydrogen) atoms. The van der Waals surface area contributed by atoms with E-state index < -0.39 is 12.6 Å². The van der Waals surface area contributed by atoms with Crippen molar-refractivity contribution < 1.29 is 13.2 Å². The summed E-state index contributed by atoms with van der Waals surface area (Å²) in [5, 5.41) is 3.43. The second kappa shape index (κ2) is 6.75. The Balaban J connectivity index is 2.53. The zero-order chi connectivity index (χ0) is 13.8. The average molecular weight is 266 g/mol. The SMILES string of the molecule is CCC1CN(CCC(F)(F)F)C(CC(C)C)CN1. The largest absolute Gasteiger partial charge is 0.390 e. The summed E-state index contributed by atoms with van der Waals surface area (Å²) in [7, 11) is 0. The highest BCUT2D eigenvalue weighted by molar-refractivity contribution is 4.86. The lowest BCUT2D eigenvalue weighted by Gasteiger charge is -2.41. The quantitative estimate of drug-likeness (QED) is 0.823. The molecule has 0 aliphatic carbocycles. The summed E-state index contributed by atoms with van der Waals surface area (Å²) in [6.45, 7) is 8.00. The van der Waals surface area contributed by atoms with Crippen LogP contribution in [0.15, 0.2) is 0 Å². The van der Waals surface area contributed by atoms with Gasteiger partial charge >= 0.3 is 6.18 Å². The van der Waals surface area contributed by atoms with Crippen LogP contribution in [0, 0.1) is 5.92 Å². The van der Waals surface area contributed by atoms with E-state index in [9.17, 15) is 13.2 Å². The maximum Gasteiger partial charge on any atom is 0.390 e. The van der Waals surface area contributed by atoms with Gasteiger partial charge in [-0.25, -0.2) is 0 Å². The highest BCUT2D eigenvalue weighted by Crippen LogP contribution is 2.23. The van der Waals surface area contributed by atoms with Crippen molar-refractivity contribution in [3.05, 3.63) is 0 Å². The molecule has 1 aliphatic rings. The summed E-state index contributed by atoms with van der Waals surface area (Å²) in [4.78, 5) is 2.03. The fraction of sp³-hybridized carbons (Fsp3) is 1.00. The van der Waals surface area contributed by atoms with Crippen molar-refractivity contribution >= 4 is 0 Å². The van der Waals surface area contributed by atoms with Gasteiger partial charge in [0.1, 0.15) is 0 Å². The van der Waals surface area contributed by atoms with Crippen LogP contribution in [0.1, 0.15) is 40.0 Å². The number of nitrogens with one attached hydrogen (secondary N) is 1. The molecule has 1 aliphatic heterocycles. The number of alkyl halides is 3. The summed E-state index contributed by atoms with van der Waals surface area (Å²) >= 11 is 0. The number of rotatable bonds is 5. The Kier molecular flexibility index (Phi) is 5.92. The first-order valence-corrected chi connectivity index (χ1v) is 6.86. The first kappa shape index (κ1) is 15.8. The minimum absolute atomic E-state index is 0.138. The average Bonchev–Trinajstić information content (AvgIpc) is 2.26. The van der Waals surface area contributed by atoms with Gasteiger partial charge in [-0.1, -0.05) is 20.8 Å². The number of nitrogens with zero attached hydrogens (tertiary/aromatic N) is 1. The van der Waals surface area contributed by atoms with Crippen molar-refractivity contribution in [2.24, 2.45) is 5.92 Å². The Bertz CT molecular complexity index is 241. The van der Waals surface area contributed by atoms with Crippen LogP contribution < -0.4 is 5.32 Å². The van der Waals surface area contributed by atoms with Gasteiger partial charge in [0.2, 0.25) is 0 Å². The highest BCUT2D eigenvalue weighted by atomic mass is 19.4. The lowest BCUT2D eigenvalue weighted by molar-refractivity contribution is -0.140. The minimum Gasteiger partial charge on any atom is -0.311 e. The molecule has 0 aromatic heterocycles. The minimum atomic E-state index is -4.05. The van der Waals surface area contributed by atoms with E-state index in [-0.39, 0.29) is 12.6 Å². The molecule has 0 radical (unpaired) electrons. The van der Waals surface area contributed by atoms with Crippen LogP contribution in [0.2, 0.25) is 0 Å². The highest BCUT2D eigenvalue weighted by Gasteiger charge is 2.32. The zero-order valence-corrected chi connectivity index (χ0v) is 11.6. The van der Waals surface area contributed by atoms with E-state index in [1.165, 1.54) is 0 Å². The van der Waals surface area contributed by atoms with E-state index in [0.29, 0.717) is 12.0 Å². The molecule has 1 saturated heterocycles. The van der Waals surface area contributed by atoms with E-state index in [1.54, 1.807) is 0 Å². The van der Waals surface area contributed by atoms with Crippen LogP contribution in [-0.4, -0.2) is 42.8 Å². The second-order valence-corrected chi connectivity index (χ2v) is 5.66. The molecule has 1 fully saturated rings. The van der Waals surface area contributed by atoms with E-state index in [0.717, 1.165) is 25.9 Å². The third-order valence-electron chi connectivity index (χ3n) is 3.53. The monoisotopic (exact) mass is 266 g/mol. The van der Waals surface area contributed by atoms with Gasteiger partial charge in [-0.3, -0.25) is 4.90 Å². The Morgan fingerprint density at radius 3 is 2.50 bits per heavy atom. The van der Waals surface area contributed by atoms with Crippen LogP contribution in [0.4, 0.5) is 13.2 Å². The molecule has 2 atom stereocenters.